The van der Waals surface area contributed by atoms with E-state index in [9.17, 15) is 0 Å². The normalized spacial score (nSPS) is 12.3. The van der Waals surface area contributed by atoms with Crippen LogP contribution in [0, 0.1) is 0 Å². The van der Waals surface area contributed by atoms with Gasteiger partial charge in [-0.3, -0.25) is 0 Å². The molecule has 0 saturated heterocycles. The van der Waals surface area contributed by atoms with E-state index in [1.165, 1.54) is 11.3 Å². The Morgan fingerprint density at radius 2 is 2.23 bits per heavy atom. The standard InChI is InChI=1S/C9H12ClNOS/c1-9(2,3)12-11-6-7-4-5-13-8(7)10/h4-6H,1-3H3/b11-6+. The molecule has 0 aliphatic heterocycles. The van der Waals surface area contributed by atoms with E-state index in [-0.39, 0.29) is 5.60 Å². The summed E-state index contributed by atoms with van der Waals surface area (Å²) in [7, 11) is 0. The summed E-state index contributed by atoms with van der Waals surface area (Å²) in [6.45, 7) is 5.83. The molecular formula is C9H12ClNOS. The zero-order valence-electron chi connectivity index (χ0n) is 7.87. The molecule has 2 nitrogen and oxygen atoms in total. The van der Waals surface area contributed by atoms with E-state index < -0.39 is 0 Å². The summed E-state index contributed by atoms with van der Waals surface area (Å²) in [6, 6.07) is 1.91. The highest BCUT2D eigenvalue weighted by molar-refractivity contribution is 7.14. The summed E-state index contributed by atoms with van der Waals surface area (Å²) in [6.07, 6.45) is 1.63. The van der Waals surface area contributed by atoms with Crippen molar-refractivity contribution in [1.82, 2.24) is 0 Å². The van der Waals surface area contributed by atoms with Crippen LogP contribution in [-0.4, -0.2) is 11.8 Å². The van der Waals surface area contributed by atoms with Gasteiger partial charge in [0.1, 0.15) is 9.94 Å². The van der Waals surface area contributed by atoms with Gasteiger partial charge in [-0.25, -0.2) is 0 Å². The Balaban J connectivity index is 2.55. The van der Waals surface area contributed by atoms with Gasteiger partial charge in [-0.05, 0) is 32.2 Å². The van der Waals surface area contributed by atoms with E-state index in [1.54, 1.807) is 6.21 Å². The Kier molecular flexibility index (Phi) is 3.33. The molecule has 72 valence electrons. The number of hydrogen-bond acceptors (Lipinski definition) is 3. The van der Waals surface area contributed by atoms with Crippen molar-refractivity contribution in [3.05, 3.63) is 21.3 Å². The Bertz CT molecular complexity index is 301. The number of oxime groups is 1. The summed E-state index contributed by atoms with van der Waals surface area (Å²) in [5, 5.41) is 5.76. The van der Waals surface area contributed by atoms with Crippen molar-refractivity contribution >= 4 is 29.2 Å². The molecule has 0 N–H and O–H groups in total. The highest BCUT2D eigenvalue weighted by atomic mass is 35.5. The number of rotatable bonds is 2. The van der Waals surface area contributed by atoms with Crippen LogP contribution in [0.2, 0.25) is 4.34 Å². The highest BCUT2D eigenvalue weighted by Gasteiger charge is 2.09. The zero-order valence-corrected chi connectivity index (χ0v) is 9.45. The molecule has 0 aliphatic carbocycles. The van der Waals surface area contributed by atoms with Crippen LogP contribution in [-0.2, 0) is 4.84 Å². The van der Waals surface area contributed by atoms with Crippen molar-refractivity contribution in [2.75, 3.05) is 0 Å². The van der Waals surface area contributed by atoms with Crippen molar-refractivity contribution in [3.63, 3.8) is 0 Å². The number of nitrogens with zero attached hydrogens (tertiary/aromatic N) is 1. The predicted octanol–water partition coefficient (Wildman–Crippen LogP) is 3.55. The smallest absolute Gasteiger partial charge is 0.129 e. The van der Waals surface area contributed by atoms with Gasteiger partial charge in [0, 0.05) is 5.56 Å². The van der Waals surface area contributed by atoms with Gasteiger partial charge in [0.15, 0.2) is 0 Å². The van der Waals surface area contributed by atoms with Gasteiger partial charge in [-0.2, -0.15) is 0 Å². The lowest BCUT2D eigenvalue weighted by Gasteiger charge is -2.14. The molecule has 0 aliphatic rings. The van der Waals surface area contributed by atoms with E-state index >= 15 is 0 Å². The average molecular weight is 218 g/mol. The Hall–Kier alpha value is -0.540. The largest absolute Gasteiger partial charge is 0.390 e. The van der Waals surface area contributed by atoms with Crippen LogP contribution in [0.15, 0.2) is 16.6 Å². The maximum absolute atomic E-state index is 5.86. The van der Waals surface area contributed by atoms with Crippen LogP contribution in [0.3, 0.4) is 0 Å². The molecule has 0 bridgehead atoms. The first-order valence-electron chi connectivity index (χ1n) is 3.93. The molecule has 1 rings (SSSR count). The fourth-order valence-electron chi connectivity index (χ4n) is 0.636. The summed E-state index contributed by atoms with van der Waals surface area (Å²) in [5.74, 6) is 0. The minimum atomic E-state index is -0.251. The second kappa shape index (κ2) is 4.11. The summed E-state index contributed by atoms with van der Waals surface area (Å²) >= 11 is 7.34. The summed E-state index contributed by atoms with van der Waals surface area (Å²) < 4.78 is 0.737. The van der Waals surface area contributed by atoms with E-state index in [0.717, 1.165) is 9.90 Å². The summed E-state index contributed by atoms with van der Waals surface area (Å²) in [5.41, 5.74) is 0.648. The summed E-state index contributed by atoms with van der Waals surface area (Å²) in [4.78, 5) is 5.17. The van der Waals surface area contributed by atoms with Crippen LogP contribution in [0.25, 0.3) is 0 Å². The second-order valence-corrected chi connectivity index (χ2v) is 5.11. The van der Waals surface area contributed by atoms with Gasteiger partial charge >= 0.3 is 0 Å². The second-order valence-electron chi connectivity index (χ2n) is 3.59. The molecular weight excluding hydrogens is 206 g/mol. The molecule has 1 heterocycles. The SMILES string of the molecule is CC(C)(C)O/N=C/c1ccsc1Cl. The number of halogens is 1. The Morgan fingerprint density at radius 1 is 1.54 bits per heavy atom. The molecule has 0 saturated carbocycles. The number of thiophene rings is 1. The number of hydrogen-bond donors (Lipinski definition) is 0. The average Bonchev–Trinajstić information content (AvgIpc) is 2.34. The Labute approximate surface area is 87.2 Å². The van der Waals surface area contributed by atoms with E-state index in [1.807, 2.05) is 32.2 Å². The molecule has 0 aromatic carbocycles. The minimum absolute atomic E-state index is 0.251. The van der Waals surface area contributed by atoms with Crippen molar-refractivity contribution in [2.24, 2.45) is 5.16 Å². The lowest BCUT2D eigenvalue weighted by atomic mass is 10.2. The predicted molar refractivity (Wildman–Crippen MR) is 57.8 cm³/mol. The fourth-order valence-corrected chi connectivity index (χ4v) is 1.49. The van der Waals surface area contributed by atoms with Crippen LogP contribution in [0.1, 0.15) is 26.3 Å². The van der Waals surface area contributed by atoms with Gasteiger partial charge in [0.2, 0.25) is 0 Å². The molecule has 4 heteroatoms. The zero-order chi connectivity index (χ0) is 9.90. The third-order valence-electron chi connectivity index (χ3n) is 1.16. The van der Waals surface area contributed by atoms with Gasteiger partial charge in [-0.1, -0.05) is 16.8 Å². The van der Waals surface area contributed by atoms with Gasteiger partial charge in [-0.15, -0.1) is 11.3 Å². The van der Waals surface area contributed by atoms with Crippen molar-refractivity contribution in [1.29, 1.82) is 0 Å². The lowest BCUT2D eigenvalue weighted by molar-refractivity contribution is 0.00200. The minimum Gasteiger partial charge on any atom is -0.390 e. The monoisotopic (exact) mass is 217 g/mol. The highest BCUT2D eigenvalue weighted by Crippen LogP contribution is 2.21. The topological polar surface area (TPSA) is 21.6 Å². The fraction of sp³-hybridized carbons (Fsp3) is 0.444. The molecule has 1 aromatic rings. The van der Waals surface area contributed by atoms with E-state index in [4.69, 9.17) is 16.4 Å². The third-order valence-corrected chi connectivity index (χ3v) is 2.36. The van der Waals surface area contributed by atoms with Crippen molar-refractivity contribution in [2.45, 2.75) is 26.4 Å². The van der Waals surface area contributed by atoms with Crippen molar-refractivity contribution < 1.29 is 4.84 Å². The molecule has 13 heavy (non-hydrogen) atoms. The van der Waals surface area contributed by atoms with E-state index in [2.05, 4.69) is 5.16 Å². The lowest BCUT2D eigenvalue weighted by Crippen LogP contribution is -2.15. The molecule has 0 amide bonds. The van der Waals surface area contributed by atoms with Gasteiger partial charge in [0.05, 0.1) is 6.21 Å². The molecule has 0 unspecified atom stereocenters. The first-order valence-corrected chi connectivity index (χ1v) is 5.19. The Morgan fingerprint density at radius 3 is 2.69 bits per heavy atom. The quantitative estimate of drug-likeness (QED) is 0.549. The molecule has 0 spiro atoms. The van der Waals surface area contributed by atoms with Gasteiger partial charge in [0.25, 0.3) is 0 Å². The van der Waals surface area contributed by atoms with Crippen LogP contribution in [0.5, 0.6) is 0 Å². The maximum Gasteiger partial charge on any atom is 0.129 e. The molecule has 0 fully saturated rings. The molecule has 1 aromatic heterocycles. The van der Waals surface area contributed by atoms with Crippen molar-refractivity contribution in [3.8, 4) is 0 Å². The van der Waals surface area contributed by atoms with E-state index in [0.29, 0.717) is 0 Å². The maximum atomic E-state index is 5.86. The first-order chi connectivity index (χ1) is 5.99. The molecule has 0 radical (unpaired) electrons. The first kappa shape index (κ1) is 10.5. The van der Waals surface area contributed by atoms with Crippen LogP contribution >= 0.6 is 22.9 Å². The third kappa shape index (κ3) is 3.79. The van der Waals surface area contributed by atoms with Crippen LogP contribution < -0.4 is 0 Å². The molecule has 0 atom stereocenters. The van der Waals surface area contributed by atoms with Gasteiger partial charge < -0.3 is 4.84 Å². The van der Waals surface area contributed by atoms with Crippen LogP contribution in [0.4, 0.5) is 0 Å².